The summed E-state index contributed by atoms with van der Waals surface area (Å²) in [6.07, 6.45) is 0. The third-order valence-corrected chi connectivity index (χ3v) is 9.22. The van der Waals surface area contributed by atoms with E-state index in [1.165, 1.54) is 38.1 Å². The molecule has 0 aliphatic carbocycles. The van der Waals surface area contributed by atoms with Crippen molar-refractivity contribution in [3.05, 3.63) is 68.8 Å². The summed E-state index contributed by atoms with van der Waals surface area (Å²) in [5.41, 5.74) is -1.16. The van der Waals surface area contributed by atoms with Crippen LogP contribution in [0.1, 0.15) is 13.8 Å². The number of sulfonamides is 2. The molecule has 0 bridgehead atoms. The highest BCUT2D eigenvalue weighted by atomic mass is 32.2. The second-order valence-electron chi connectivity index (χ2n) is 7.30. The lowest BCUT2D eigenvalue weighted by Crippen LogP contribution is -2.59. The molecule has 0 saturated carbocycles. The lowest BCUT2D eigenvalue weighted by atomic mass is 10.2. The smallest absolute Gasteiger partial charge is 0.258 e. The number of para-hydroxylation sites is 2. The molecule has 12 nitrogen and oxygen atoms in total. The highest BCUT2D eigenvalue weighted by Gasteiger charge is 2.44. The molecule has 2 atom stereocenters. The summed E-state index contributed by atoms with van der Waals surface area (Å²) in [6.45, 7) is 2.38. The molecule has 2 aromatic rings. The van der Waals surface area contributed by atoms with E-state index in [0.717, 1.165) is 32.9 Å². The second kappa shape index (κ2) is 8.54. The fourth-order valence-electron chi connectivity index (χ4n) is 3.64. The summed E-state index contributed by atoms with van der Waals surface area (Å²) >= 11 is 0. The molecule has 1 fully saturated rings. The van der Waals surface area contributed by atoms with Crippen LogP contribution in [-0.4, -0.2) is 60.5 Å². The first kappa shape index (κ1) is 23.7. The zero-order valence-corrected chi connectivity index (χ0v) is 18.7. The van der Waals surface area contributed by atoms with Crippen LogP contribution in [-0.2, 0) is 20.0 Å². The Morgan fingerprint density at radius 2 is 1.03 bits per heavy atom. The molecule has 0 radical (unpaired) electrons. The molecule has 0 aromatic heterocycles. The predicted octanol–water partition coefficient (Wildman–Crippen LogP) is 1.98. The lowest BCUT2D eigenvalue weighted by molar-refractivity contribution is -0.388. The van der Waals surface area contributed by atoms with Crippen LogP contribution < -0.4 is 0 Å². The van der Waals surface area contributed by atoms with Crippen LogP contribution in [0.5, 0.6) is 0 Å². The molecular weight excluding hydrogens is 464 g/mol. The molecule has 1 saturated heterocycles. The Hall–Kier alpha value is -2.94. The first-order valence-electron chi connectivity index (χ1n) is 9.39. The molecule has 14 heteroatoms. The Morgan fingerprint density at radius 1 is 0.719 bits per heavy atom. The van der Waals surface area contributed by atoms with Crippen LogP contribution in [0.2, 0.25) is 0 Å². The average molecular weight is 485 g/mol. The Balaban J connectivity index is 1.98. The van der Waals surface area contributed by atoms with Crippen LogP contribution in [0.3, 0.4) is 0 Å². The molecule has 0 amide bonds. The Kier molecular flexibility index (Phi) is 6.33. The van der Waals surface area contributed by atoms with Gasteiger partial charge in [-0.1, -0.05) is 24.3 Å². The molecule has 1 aliphatic rings. The summed E-state index contributed by atoms with van der Waals surface area (Å²) in [5.74, 6) is 0. The van der Waals surface area contributed by atoms with Gasteiger partial charge in [-0.25, -0.2) is 16.8 Å². The largest absolute Gasteiger partial charge is 0.289 e. The number of hydrogen-bond acceptors (Lipinski definition) is 8. The van der Waals surface area contributed by atoms with Crippen molar-refractivity contribution in [3.63, 3.8) is 0 Å². The van der Waals surface area contributed by atoms with Gasteiger partial charge >= 0.3 is 0 Å². The average Bonchev–Trinajstić information content (AvgIpc) is 2.74. The maximum atomic E-state index is 13.2. The minimum Gasteiger partial charge on any atom is -0.258 e. The molecule has 0 spiro atoms. The van der Waals surface area contributed by atoms with E-state index in [2.05, 4.69) is 0 Å². The summed E-state index contributed by atoms with van der Waals surface area (Å²) in [4.78, 5) is 20.0. The first-order valence-corrected chi connectivity index (χ1v) is 12.3. The predicted molar refractivity (Wildman–Crippen MR) is 113 cm³/mol. The molecular formula is C18H20N4O8S2. The third-order valence-electron chi connectivity index (χ3n) is 5.17. The van der Waals surface area contributed by atoms with Crippen LogP contribution in [0.4, 0.5) is 11.4 Å². The highest BCUT2D eigenvalue weighted by molar-refractivity contribution is 7.89. The van der Waals surface area contributed by atoms with Gasteiger partial charge in [0.15, 0.2) is 9.79 Å². The standard InChI is InChI=1S/C18H20N4O8S2/c1-13-11-20(32(29,30)18-10-6-4-8-16(18)22(25)26)14(2)12-19(13)31(27,28)17-9-5-3-7-15(17)21(23)24/h3-10,13-14H,11-12H2,1-2H3. The maximum Gasteiger partial charge on any atom is 0.289 e. The van der Waals surface area contributed by atoms with Crippen molar-refractivity contribution in [2.24, 2.45) is 0 Å². The Labute approximate surface area is 184 Å². The zero-order valence-electron chi connectivity index (χ0n) is 17.1. The minimum atomic E-state index is -4.31. The van der Waals surface area contributed by atoms with Gasteiger partial charge in [-0.2, -0.15) is 8.61 Å². The van der Waals surface area contributed by atoms with Gasteiger partial charge in [0.1, 0.15) is 0 Å². The fraction of sp³-hybridized carbons (Fsp3) is 0.333. The fourth-order valence-corrected chi connectivity index (χ4v) is 7.36. The summed E-state index contributed by atoms with van der Waals surface area (Å²) in [5, 5.41) is 22.6. The Bertz CT molecular complexity index is 1180. The SMILES string of the molecule is CC1CN(S(=O)(=O)c2ccccc2[N+](=O)[O-])C(C)CN1S(=O)(=O)c1ccccc1[N+](=O)[O-]. The molecule has 172 valence electrons. The summed E-state index contributed by atoms with van der Waals surface area (Å²) in [6, 6.07) is 8.07. The van der Waals surface area contributed by atoms with E-state index >= 15 is 0 Å². The molecule has 2 unspecified atom stereocenters. The second-order valence-corrected chi connectivity index (χ2v) is 11.0. The van der Waals surface area contributed by atoms with Gasteiger partial charge in [0.05, 0.1) is 9.85 Å². The summed E-state index contributed by atoms with van der Waals surface area (Å²) < 4.78 is 54.8. The monoisotopic (exact) mass is 484 g/mol. The minimum absolute atomic E-state index is 0.282. The number of nitro benzene ring substituents is 2. The van der Waals surface area contributed by atoms with Crippen LogP contribution in [0.25, 0.3) is 0 Å². The van der Waals surface area contributed by atoms with Crippen molar-refractivity contribution < 1.29 is 26.7 Å². The van der Waals surface area contributed by atoms with Crippen LogP contribution in [0, 0.1) is 20.2 Å². The molecule has 2 aromatic carbocycles. The molecule has 32 heavy (non-hydrogen) atoms. The van der Waals surface area contributed by atoms with Gasteiger partial charge in [-0.05, 0) is 26.0 Å². The molecule has 3 rings (SSSR count). The molecule has 0 N–H and O–H groups in total. The van der Waals surface area contributed by atoms with Crippen molar-refractivity contribution in [2.75, 3.05) is 13.1 Å². The van der Waals surface area contributed by atoms with Crippen molar-refractivity contribution in [1.82, 2.24) is 8.61 Å². The van der Waals surface area contributed by atoms with E-state index in [1.807, 2.05) is 0 Å². The van der Waals surface area contributed by atoms with Crippen molar-refractivity contribution >= 4 is 31.4 Å². The zero-order chi connectivity index (χ0) is 23.8. The van der Waals surface area contributed by atoms with Crippen molar-refractivity contribution in [3.8, 4) is 0 Å². The normalized spacial score (nSPS) is 20.7. The van der Waals surface area contributed by atoms with E-state index < -0.39 is 63.1 Å². The van der Waals surface area contributed by atoms with Crippen LogP contribution in [0.15, 0.2) is 58.3 Å². The lowest BCUT2D eigenvalue weighted by Gasteiger charge is -2.42. The van der Waals surface area contributed by atoms with Gasteiger partial charge in [-0.3, -0.25) is 20.2 Å². The quantitative estimate of drug-likeness (QED) is 0.444. The maximum absolute atomic E-state index is 13.2. The van der Waals surface area contributed by atoms with E-state index in [9.17, 15) is 37.1 Å². The van der Waals surface area contributed by atoms with Gasteiger partial charge in [-0.15, -0.1) is 0 Å². The van der Waals surface area contributed by atoms with Crippen molar-refractivity contribution in [1.29, 1.82) is 0 Å². The van der Waals surface area contributed by atoms with Crippen LogP contribution >= 0.6 is 0 Å². The summed E-state index contributed by atoms with van der Waals surface area (Å²) in [7, 11) is -8.63. The van der Waals surface area contributed by atoms with E-state index in [1.54, 1.807) is 0 Å². The number of benzene rings is 2. The number of piperazine rings is 1. The van der Waals surface area contributed by atoms with Crippen molar-refractivity contribution in [2.45, 2.75) is 35.7 Å². The van der Waals surface area contributed by atoms with E-state index in [0.29, 0.717) is 0 Å². The number of nitro groups is 2. The third kappa shape index (κ3) is 4.09. The highest BCUT2D eigenvalue weighted by Crippen LogP contribution is 2.33. The number of hydrogen-bond donors (Lipinski definition) is 0. The van der Waals surface area contributed by atoms with Gasteiger partial charge < -0.3 is 0 Å². The van der Waals surface area contributed by atoms with E-state index in [-0.39, 0.29) is 13.1 Å². The molecule has 1 heterocycles. The van der Waals surface area contributed by atoms with Gasteiger partial charge in [0.25, 0.3) is 11.4 Å². The Morgan fingerprint density at radius 3 is 1.34 bits per heavy atom. The van der Waals surface area contributed by atoms with E-state index in [4.69, 9.17) is 0 Å². The topological polar surface area (TPSA) is 161 Å². The number of nitrogens with zero attached hydrogens (tertiary/aromatic N) is 4. The molecule has 1 aliphatic heterocycles. The first-order chi connectivity index (χ1) is 14.9. The number of rotatable bonds is 6. The van der Waals surface area contributed by atoms with Gasteiger partial charge in [0, 0.05) is 37.3 Å². The van der Waals surface area contributed by atoms with Gasteiger partial charge in [0.2, 0.25) is 20.0 Å².